The highest BCUT2D eigenvalue weighted by Crippen LogP contribution is 2.68. The van der Waals surface area contributed by atoms with Gasteiger partial charge in [-0.15, -0.1) is 0 Å². The molecule has 0 radical (unpaired) electrons. The van der Waals surface area contributed by atoms with Crippen molar-refractivity contribution in [2.75, 3.05) is 0 Å². The molecular formula is C30H48O7. The van der Waals surface area contributed by atoms with Crippen LogP contribution in [0.15, 0.2) is 11.6 Å². The van der Waals surface area contributed by atoms with Crippen molar-refractivity contribution < 1.29 is 34.8 Å². The summed E-state index contributed by atoms with van der Waals surface area (Å²) in [6, 6.07) is 0. The molecule has 11 atom stereocenters. The van der Waals surface area contributed by atoms with E-state index in [1.807, 2.05) is 0 Å². The van der Waals surface area contributed by atoms with Crippen molar-refractivity contribution in [1.29, 1.82) is 0 Å². The number of aliphatic hydroxyl groups is 4. The zero-order valence-corrected chi connectivity index (χ0v) is 23.7. The molecule has 0 aromatic carbocycles. The van der Waals surface area contributed by atoms with Crippen molar-refractivity contribution in [3.8, 4) is 0 Å². The number of hydrogen-bond acceptors (Lipinski definition) is 7. The summed E-state index contributed by atoms with van der Waals surface area (Å²) in [5.74, 6) is 0.108. The van der Waals surface area contributed by atoms with Crippen molar-refractivity contribution >= 4 is 11.8 Å². The van der Waals surface area contributed by atoms with Crippen LogP contribution >= 0.6 is 0 Å². The molecule has 0 heterocycles. The van der Waals surface area contributed by atoms with Crippen molar-refractivity contribution in [3.05, 3.63) is 11.6 Å². The largest absolute Gasteiger partial charge is 0.461 e. The maximum Gasteiger partial charge on any atom is 0.302 e. The van der Waals surface area contributed by atoms with Crippen LogP contribution in [0, 0.1) is 40.4 Å². The summed E-state index contributed by atoms with van der Waals surface area (Å²) in [6.45, 7) is 12.6. The summed E-state index contributed by atoms with van der Waals surface area (Å²) in [5.41, 5.74) is -2.39. The molecule has 0 spiro atoms. The van der Waals surface area contributed by atoms with E-state index in [9.17, 15) is 30.0 Å². The van der Waals surface area contributed by atoms with Crippen LogP contribution in [0.3, 0.4) is 0 Å². The third-order valence-corrected chi connectivity index (χ3v) is 11.6. The number of ether oxygens (including phenoxy) is 1. The fraction of sp³-hybridized carbons (Fsp3) is 0.867. The lowest BCUT2D eigenvalue weighted by atomic mass is 9.45. The van der Waals surface area contributed by atoms with Gasteiger partial charge in [-0.3, -0.25) is 9.59 Å². The third kappa shape index (κ3) is 4.62. The lowest BCUT2D eigenvalue weighted by Crippen LogP contribution is -2.60. The molecule has 4 aliphatic rings. The van der Waals surface area contributed by atoms with Gasteiger partial charge in [-0.05, 0) is 94.0 Å². The van der Waals surface area contributed by atoms with Crippen LogP contribution in [0.1, 0.15) is 93.4 Å². The van der Waals surface area contributed by atoms with Gasteiger partial charge in [-0.1, -0.05) is 26.3 Å². The second kappa shape index (κ2) is 9.42. The van der Waals surface area contributed by atoms with E-state index in [2.05, 4.69) is 20.8 Å². The highest BCUT2D eigenvalue weighted by Gasteiger charge is 2.64. The molecule has 0 aromatic heterocycles. The smallest absolute Gasteiger partial charge is 0.302 e. The minimum absolute atomic E-state index is 0.0287. The number of aliphatic hydroxyl groups excluding tert-OH is 2. The average Bonchev–Trinajstić information content (AvgIpc) is 3.10. The van der Waals surface area contributed by atoms with E-state index in [0.29, 0.717) is 6.42 Å². The van der Waals surface area contributed by atoms with Crippen molar-refractivity contribution in [1.82, 2.24) is 0 Å². The highest BCUT2D eigenvalue weighted by atomic mass is 16.5. The quantitative estimate of drug-likeness (QED) is 0.395. The van der Waals surface area contributed by atoms with Crippen LogP contribution in [0.2, 0.25) is 0 Å². The SMILES string of the molecule is CC(=O)O[C@H]1CC(=O)C=C2C[C@@H](O)[C@H]3[C@@H]4CC[C@H]([C@H](C)[C@H](O)C[C@@](C)(O)C(C)(C)O)[C@@]4(C)CC[C@@H]3[C@]21C. The zero-order chi connectivity index (χ0) is 27.7. The standard InChI is InChI=1S/C30H48O7/c1-16(24(34)15-29(6,36)27(3,4)35)20-8-9-21-26-22(10-11-28(20,21)5)30(7)18(13-23(26)33)12-19(32)14-25(30)37-17(2)31/h12,16,20-26,33-36H,8-11,13-15H2,1-7H3/t16-,20+,21-,22-,23+,24+,25-,26-,28+,29+,30-/m0/s1. The molecule has 37 heavy (non-hydrogen) atoms. The molecule has 4 rings (SSSR count). The monoisotopic (exact) mass is 520 g/mol. The molecular weight excluding hydrogens is 472 g/mol. The lowest BCUT2D eigenvalue weighted by Gasteiger charge is -2.61. The fourth-order valence-corrected chi connectivity index (χ4v) is 8.94. The average molecular weight is 521 g/mol. The molecule has 4 N–H and O–H groups in total. The van der Waals surface area contributed by atoms with Gasteiger partial charge in [0.05, 0.1) is 23.4 Å². The number of carbonyl (C=O) groups is 2. The second-order valence-corrected chi connectivity index (χ2v) is 14.0. The first-order chi connectivity index (χ1) is 16.9. The molecule has 0 saturated heterocycles. The molecule has 0 unspecified atom stereocenters. The predicted molar refractivity (Wildman–Crippen MR) is 139 cm³/mol. The molecule has 7 heteroatoms. The summed E-state index contributed by atoms with van der Waals surface area (Å²) in [7, 11) is 0. The number of fused-ring (bicyclic) bond motifs is 5. The Morgan fingerprint density at radius 2 is 1.78 bits per heavy atom. The Bertz CT molecular complexity index is 948. The predicted octanol–water partition coefficient (Wildman–Crippen LogP) is 3.56. The molecule has 3 fully saturated rings. The van der Waals surface area contributed by atoms with E-state index < -0.39 is 34.9 Å². The molecule has 0 bridgehead atoms. The summed E-state index contributed by atoms with van der Waals surface area (Å²) >= 11 is 0. The zero-order valence-electron chi connectivity index (χ0n) is 23.7. The van der Waals surface area contributed by atoms with Gasteiger partial charge < -0.3 is 25.2 Å². The van der Waals surface area contributed by atoms with Crippen LogP contribution in [-0.4, -0.2) is 61.7 Å². The highest BCUT2D eigenvalue weighted by molar-refractivity contribution is 5.92. The number of ketones is 1. The first-order valence-corrected chi connectivity index (χ1v) is 14.2. The third-order valence-electron chi connectivity index (χ3n) is 11.6. The van der Waals surface area contributed by atoms with Gasteiger partial charge >= 0.3 is 5.97 Å². The lowest BCUT2D eigenvalue weighted by molar-refractivity contribution is -0.173. The first-order valence-electron chi connectivity index (χ1n) is 14.2. The van der Waals surface area contributed by atoms with Gasteiger partial charge in [-0.2, -0.15) is 0 Å². The van der Waals surface area contributed by atoms with Gasteiger partial charge in [0.2, 0.25) is 0 Å². The Morgan fingerprint density at radius 3 is 2.38 bits per heavy atom. The number of rotatable bonds is 6. The van der Waals surface area contributed by atoms with E-state index >= 15 is 0 Å². The van der Waals surface area contributed by atoms with Gasteiger partial charge in [0.1, 0.15) is 6.10 Å². The van der Waals surface area contributed by atoms with Crippen molar-refractivity contribution in [3.63, 3.8) is 0 Å². The van der Waals surface area contributed by atoms with E-state index in [0.717, 1.165) is 31.3 Å². The Hall–Kier alpha value is -1.28. The molecule has 7 nitrogen and oxygen atoms in total. The minimum atomic E-state index is -1.42. The summed E-state index contributed by atoms with van der Waals surface area (Å²) in [6.07, 6.45) is 4.23. The molecule has 0 aliphatic heterocycles. The molecule has 4 aliphatic carbocycles. The van der Waals surface area contributed by atoms with E-state index in [4.69, 9.17) is 4.74 Å². The van der Waals surface area contributed by atoms with Crippen LogP contribution in [0.25, 0.3) is 0 Å². The normalized spacial score (nSPS) is 43.0. The summed E-state index contributed by atoms with van der Waals surface area (Å²) in [5, 5.41) is 43.9. The van der Waals surface area contributed by atoms with E-state index in [-0.39, 0.29) is 59.6 Å². The molecule has 210 valence electrons. The Morgan fingerprint density at radius 1 is 1.14 bits per heavy atom. The van der Waals surface area contributed by atoms with Crippen LogP contribution in [0.4, 0.5) is 0 Å². The fourth-order valence-electron chi connectivity index (χ4n) is 8.94. The van der Waals surface area contributed by atoms with Crippen LogP contribution in [-0.2, 0) is 14.3 Å². The van der Waals surface area contributed by atoms with Gasteiger partial charge in [0, 0.05) is 25.2 Å². The summed E-state index contributed by atoms with van der Waals surface area (Å²) in [4.78, 5) is 24.5. The van der Waals surface area contributed by atoms with Crippen LogP contribution in [0.5, 0.6) is 0 Å². The number of esters is 1. The number of carbonyl (C=O) groups excluding carboxylic acids is 2. The molecule has 3 saturated carbocycles. The van der Waals surface area contributed by atoms with Gasteiger partial charge in [0.25, 0.3) is 0 Å². The Kier molecular flexibility index (Phi) is 7.32. The minimum Gasteiger partial charge on any atom is -0.461 e. The maximum atomic E-state index is 12.5. The van der Waals surface area contributed by atoms with E-state index in [1.165, 1.54) is 6.92 Å². The van der Waals surface area contributed by atoms with Gasteiger partial charge in [0.15, 0.2) is 5.78 Å². The topological polar surface area (TPSA) is 124 Å². The molecule has 0 amide bonds. The second-order valence-electron chi connectivity index (χ2n) is 14.0. The van der Waals surface area contributed by atoms with Gasteiger partial charge in [-0.25, -0.2) is 0 Å². The maximum absolute atomic E-state index is 12.5. The Labute approximate surface area is 221 Å². The Balaban J connectivity index is 1.61. The van der Waals surface area contributed by atoms with Crippen molar-refractivity contribution in [2.45, 2.75) is 123 Å². The van der Waals surface area contributed by atoms with Crippen LogP contribution < -0.4 is 0 Å². The van der Waals surface area contributed by atoms with Crippen molar-refractivity contribution in [2.24, 2.45) is 40.4 Å². The van der Waals surface area contributed by atoms with E-state index in [1.54, 1.807) is 26.8 Å². The first kappa shape index (κ1) is 28.7. The molecule has 0 aromatic rings. The number of hydrogen-bond donors (Lipinski definition) is 4. The summed E-state index contributed by atoms with van der Waals surface area (Å²) < 4.78 is 5.76.